The summed E-state index contributed by atoms with van der Waals surface area (Å²) in [6.07, 6.45) is 7.49. The quantitative estimate of drug-likeness (QED) is 0.769. The number of carbonyl (C=O) groups excluding carboxylic acids is 2. The zero-order valence-electron chi connectivity index (χ0n) is 12.3. The number of nitrogens with zero attached hydrogens (tertiary/aromatic N) is 1. The van der Waals surface area contributed by atoms with Gasteiger partial charge in [-0.2, -0.15) is 0 Å². The third-order valence-electron chi connectivity index (χ3n) is 4.55. The lowest BCUT2D eigenvalue weighted by Crippen LogP contribution is -2.45. The van der Waals surface area contributed by atoms with E-state index in [9.17, 15) is 14.4 Å². The van der Waals surface area contributed by atoms with Crippen molar-refractivity contribution in [3.05, 3.63) is 0 Å². The second-order valence-corrected chi connectivity index (χ2v) is 6.05. The number of aliphatic carboxylic acids is 1. The summed E-state index contributed by atoms with van der Waals surface area (Å²) in [6.45, 7) is 0.376. The Bertz CT molecular complexity index is 404. The minimum atomic E-state index is -0.964. The molecule has 2 rings (SSSR count). The summed E-state index contributed by atoms with van der Waals surface area (Å²) in [5.41, 5.74) is 0. The molecular weight excluding hydrogens is 272 g/mol. The highest BCUT2D eigenvalue weighted by Gasteiger charge is 2.33. The van der Waals surface area contributed by atoms with E-state index in [2.05, 4.69) is 5.32 Å². The fraction of sp³-hybridized carbons (Fsp3) is 0.800. The van der Waals surface area contributed by atoms with Gasteiger partial charge in [0.15, 0.2) is 0 Å². The van der Waals surface area contributed by atoms with Crippen LogP contribution in [0.3, 0.4) is 0 Å². The number of nitrogens with one attached hydrogen (secondary N) is 1. The van der Waals surface area contributed by atoms with Crippen molar-refractivity contribution in [3.63, 3.8) is 0 Å². The molecule has 2 N–H and O–H groups in total. The second kappa shape index (κ2) is 7.43. The van der Waals surface area contributed by atoms with Gasteiger partial charge in [-0.25, -0.2) is 4.79 Å². The Labute approximate surface area is 124 Å². The molecule has 0 aromatic rings. The minimum Gasteiger partial charge on any atom is -0.480 e. The molecule has 0 spiro atoms. The molecule has 2 fully saturated rings. The van der Waals surface area contributed by atoms with E-state index in [1.165, 1.54) is 30.6 Å². The maximum atomic E-state index is 12.0. The highest BCUT2D eigenvalue weighted by Crippen LogP contribution is 2.28. The Kier molecular flexibility index (Phi) is 5.59. The van der Waals surface area contributed by atoms with Crippen LogP contribution in [0.2, 0.25) is 0 Å². The largest absolute Gasteiger partial charge is 0.480 e. The van der Waals surface area contributed by atoms with Crippen LogP contribution in [0.15, 0.2) is 0 Å². The van der Waals surface area contributed by atoms with Crippen LogP contribution in [0, 0.1) is 5.92 Å². The standard InChI is InChI=1S/C15H24N2O4/c18-13(8-7-11-4-1-2-5-11)16-10-14(19)17-9-3-6-12(17)15(20)21/h11-12H,1-10H2,(H,16,18)(H,20,21). The van der Waals surface area contributed by atoms with E-state index in [1.54, 1.807) is 0 Å². The average molecular weight is 296 g/mol. The highest BCUT2D eigenvalue weighted by molar-refractivity contribution is 5.88. The molecule has 0 radical (unpaired) electrons. The van der Waals surface area contributed by atoms with Gasteiger partial charge in [-0.1, -0.05) is 25.7 Å². The highest BCUT2D eigenvalue weighted by atomic mass is 16.4. The predicted octanol–water partition coefficient (Wildman–Crippen LogP) is 1.15. The van der Waals surface area contributed by atoms with Gasteiger partial charge in [-0.15, -0.1) is 0 Å². The van der Waals surface area contributed by atoms with E-state index in [-0.39, 0.29) is 18.4 Å². The molecule has 1 saturated heterocycles. The Morgan fingerprint density at radius 2 is 1.81 bits per heavy atom. The fourth-order valence-corrected chi connectivity index (χ4v) is 3.32. The van der Waals surface area contributed by atoms with Gasteiger partial charge in [-0.3, -0.25) is 9.59 Å². The fourth-order valence-electron chi connectivity index (χ4n) is 3.32. The number of rotatable bonds is 6. The number of amides is 2. The number of hydrogen-bond donors (Lipinski definition) is 2. The van der Waals surface area contributed by atoms with Crippen molar-refractivity contribution >= 4 is 17.8 Å². The van der Waals surface area contributed by atoms with Crippen LogP contribution < -0.4 is 5.32 Å². The topological polar surface area (TPSA) is 86.7 Å². The molecule has 0 aromatic carbocycles. The SMILES string of the molecule is O=C(CCC1CCCC1)NCC(=O)N1CCCC1C(=O)O. The van der Waals surface area contributed by atoms with Crippen LogP contribution in [-0.2, 0) is 14.4 Å². The molecule has 118 valence electrons. The predicted molar refractivity (Wildman–Crippen MR) is 76.6 cm³/mol. The number of carboxylic acid groups (broad SMARTS) is 1. The Hall–Kier alpha value is -1.59. The number of hydrogen-bond acceptors (Lipinski definition) is 3. The van der Waals surface area contributed by atoms with E-state index in [4.69, 9.17) is 5.11 Å². The van der Waals surface area contributed by atoms with E-state index in [0.29, 0.717) is 31.7 Å². The van der Waals surface area contributed by atoms with Crippen LogP contribution in [0.25, 0.3) is 0 Å². The molecule has 1 aliphatic heterocycles. The Morgan fingerprint density at radius 3 is 2.48 bits per heavy atom. The zero-order chi connectivity index (χ0) is 15.2. The molecule has 1 saturated carbocycles. The van der Waals surface area contributed by atoms with Crippen molar-refractivity contribution in [2.75, 3.05) is 13.1 Å². The number of likely N-dealkylation sites (tertiary alicyclic amines) is 1. The van der Waals surface area contributed by atoms with Crippen molar-refractivity contribution < 1.29 is 19.5 Å². The maximum Gasteiger partial charge on any atom is 0.326 e. The lowest BCUT2D eigenvalue weighted by molar-refractivity contribution is -0.148. The smallest absolute Gasteiger partial charge is 0.326 e. The van der Waals surface area contributed by atoms with Gasteiger partial charge in [0.05, 0.1) is 6.54 Å². The molecule has 21 heavy (non-hydrogen) atoms. The van der Waals surface area contributed by atoms with Crippen molar-refractivity contribution in [2.45, 2.75) is 57.4 Å². The number of carboxylic acids is 1. The van der Waals surface area contributed by atoms with Crippen LogP contribution in [0.1, 0.15) is 51.4 Å². The van der Waals surface area contributed by atoms with Crippen LogP contribution in [-0.4, -0.2) is 46.9 Å². The molecule has 6 nitrogen and oxygen atoms in total. The van der Waals surface area contributed by atoms with Crippen molar-refractivity contribution in [2.24, 2.45) is 5.92 Å². The van der Waals surface area contributed by atoms with Gasteiger partial charge in [-0.05, 0) is 25.2 Å². The summed E-state index contributed by atoms with van der Waals surface area (Å²) in [5.74, 6) is -0.717. The molecule has 6 heteroatoms. The third kappa shape index (κ3) is 4.44. The van der Waals surface area contributed by atoms with Gasteiger partial charge >= 0.3 is 5.97 Å². The minimum absolute atomic E-state index is 0.0900. The van der Waals surface area contributed by atoms with Crippen molar-refractivity contribution in [1.29, 1.82) is 0 Å². The van der Waals surface area contributed by atoms with Gasteiger partial charge in [0.25, 0.3) is 0 Å². The first-order valence-corrected chi connectivity index (χ1v) is 7.87. The monoisotopic (exact) mass is 296 g/mol. The van der Waals surface area contributed by atoms with Crippen molar-refractivity contribution in [1.82, 2.24) is 10.2 Å². The number of carbonyl (C=O) groups is 3. The average Bonchev–Trinajstić information content (AvgIpc) is 3.12. The van der Waals surface area contributed by atoms with E-state index < -0.39 is 12.0 Å². The molecule has 0 aromatic heterocycles. The molecule has 1 aliphatic carbocycles. The Morgan fingerprint density at radius 1 is 1.10 bits per heavy atom. The van der Waals surface area contributed by atoms with Crippen molar-refractivity contribution in [3.8, 4) is 0 Å². The molecule has 1 atom stereocenters. The summed E-state index contributed by atoms with van der Waals surface area (Å²) in [7, 11) is 0. The molecular formula is C15H24N2O4. The summed E-state index contributed by atoms with van der Waals surface area (Å²) in [4.78, 5) is 36.1. The van der Waals surface area contributed by atoms with Crippen LogP contribution >= 0.6 is 0 Å². The van der Waals surface area contributed by atoms with E-state index >= 15 is 0 Å². The first kappa shape index (κ1) is 15.8. The first-order chi connectivity index (χ1) is 10.1. The van der Waals surface area contributed by atoms with Gasteiger partial charge < -0.3 is 15.3 Å². The zero-order valence-corrected chi connectivity index (χ0v) is 12.3. The molecule has 2 amide bonds. The third-order valence-corrected chi connectivity index (χ3v) is 4.55. The maximum absolute atomic E-state index is 12.0. The lowest BCUT2D eigenvalue weighted by Gasteiger charge is -2.21. The van der Waals surface area contributed by atoms with E-state index in [1.807, 2.05) is 0 Å². The normalized spacial score (nSPS) is 22.5. The van der Waals surface area contributed by atoms with E-state index in [0.717, 1.165) is 6.42 Å². The summed E-state index contributed by atoms with van der Waals surface area (Å²) < 4.78 is 0. The van der Waals surface area contributed by atoms with Crippen LogP contribution in [0.5, 0.6) is 0 Å². The summed E-state index contributed by atoms with van der Waals surface area (Å²) in [6, 6.07) is -0.729. The molecule has 0 bridgehead atoms. The molecule has 1 heterocycles. The molecule has 2 aliphatic rings. The Balaban J connectivity index is 1.68. The molecule has 1 unspecified atom stereocenters. The second-order valence-electron chi connectivity index (χ2n) is 6.05. The summed E-state index contributed by atoms with van der Waals surface area (Å²) in [5, 5.41) is 11.7. The van der Waals surface area contributed by atoms with Gasteiger partial charge in [0, 0.05) is 13.0 Å². The first-order valence-electron chi connectivity index (χ1n) is 7.87. The summed E-state index contributed by atoms with van der Waals surface area (Å²) >= 11 is 0. The van der Waals surface area contributed by atoms with Crippen LogP contribution in [0.4, 0.5) is 0 Å². The van der Waals surface area contributed by atoms with Gasteiger partial charge in [0.1, 0.15) is 6.04 Å². The lowest BCUT2D eigenvalue weighted by atomic mass is 10.0. The van der Waals surface area contributed by atoms with Gasteiger partial charge in [0.2, 0.25) is 11.8 Å².